The molecule has 0 aromatic heterocycles. The average molecular weight is 542 g/mol. The molecule has 0 aliphatic heterocycles. The molecule has 4 aromatic rings. The highest BCUT2D eigenvalue weighted by molar-refractivity contribution is 9.10. The number of hydrogen-bond donors (Lipinski definition) is 0. The second-order valence-corrected chi connectivity index (χ2v) is 13.5. The minimum absolute atomic E-state index is 0.0530. The van der Waals surface area contributed by atoms with Gasteiger partial charge in [0, 0.05) is 9.50 Å². The zero-order chi connectivity index (χ0) is 24.9. The molecule has 0 bridgehead atoms. The maximum Gasteiger partial charge on any atom is 0.0726 e. The molecular formula is C33H30BrCl. The van der Waals surface area contributed by atoms with E-state index in [9.17, 15) is 0 Å². The van der Waals surface area contributed by atoms with Crippen molar-refractivity contribution >= 4 is 27.5 Å². The van der Waals surface area contributed by atoms with Crippen LogP contribution in [-0.4, -0.2) is 0 Å². The molecule has 2 heteroatoms. The van der Waals surface area contributed by atoms with E-state index in [1.807, 2.05) is 6.07 Å². The quantitative estimate of drug-likeness (QED) is 0.179. The summed E-state index contributed by atoms with van der Waals surface area (Å²) in [6.45, 7) is 13.8. The van der Waals surface area contributed by atoms with Gasteiger partial charge >= 0.3 is 0 Å². The Hall–Kier alpha value is -2.35. The lowest BCUT2D eigenvalue weighted by Gasteiger charge is -2.33. The number of benzene rings is 4. The molecule has 1 atom stereocenters. The fourth-order valence-electron chi connectivity index (χ4n) is 6.11. The van der Waals surface area contributed by atoms with Gasteiger partial charge in [-0.15, -0.1) is 0 Å². The molecule has 6 rings (SSSR count). The minimum Gasteiger partial charge on any atom is -0.0843 e. The van der Waals surface area contributed by atoms with Crippen molar-refractivity contribution in [3.63, 3.8) is 0 Å². The van der Waals surface area contributed by atoms with E-state index >= 15 is 0 Å². The third-order valence-corrected chi connectivity index (χ3v) is 8.66. The van der Waals surface area contributed by atoms with Crippen LogP contribution in [0.5, 0.6) is 0 Å². The van der Waals surface area contributed by atoms with Crippen LogP contribution in [0.4, 0.5) is 0 Å². The summed E-state index contributed by atoms with van der Waals surface area (Å²) in [7, 11) is 0. The lowest BCUT2D eigenvalue weighted by molar-refractivity contribution is 0.586. The summed E-state index contributed by atoms with van der Waals surface area (Å²) in [5.74, 6) is 0. The normalized spacial score (nSPS) is 17.8. The smallest absolute Gasteiger partial charge is 0.0726 e. The summed E-state index contributed by atoms with van der Waals surface area (Å²) >= 11 is 10.5. The topological polar surface area (TPSA) is 0 Å². The zero-order valence-electron chi connectivity index (χ0n) is 21.2. The van der Waals surface area contributed by atoms with Crippen LogP contribution in [0.3, 0.4) is 0 Å². The molecule has 0 radical (unpaired) electrons. The Bertz CT molecular complexity index is 1410. The second-order valence-electron chi connectivity index (χ2n) is 12.2. The van der Waals surface area contributed by atoms with Crippen LogP contribution in [0.2, 0.25) is 5.02 Å². The van der Waals surface area contributed by atoms with Crippen molar-refractivity contribution in [1.82, 2.24) is 0 Å². The van der Waals surface area contributed by atoms with Crippen LogP contribution in [0.1, 0.15) is 74.9 Å². The molecule has 0 saturated heterocycles. The molecule has 35 heavy (non-hydrogen) atoms. The lowest BCUT2D eigenvalue weighted by atomic mass is 9.69. The van der Waals surface area contributed by atoms with Gasteiger partial charge in [0.15, 0.2) is 0 Å². The minimum atomic E-state index is -0.396. The van der Waals surface area contributed by atoms with Crippen LogP contribution in [0.25, 0.3) is 22.3 Å². The van der Waals surface area contributed by atoms with Crippen LogP contribution < -0.4 is 0 Å². The fourth-order valence-corrected chi connectivity index (χ4v) is 6.64. The largest absolute Gasteiger partial charge is 0.0843 e. The van der Waals surface area contributed by atoms with Crippen molar-refractivity contribution < 1.29 is 0 Å². The van der Waals surface area contributed by atoms with E-state index in [-0.39, 0.29) is 10.8 Å². The van der Waals surface area contributed by atoms with E-state index in [0.717, 1.165) is 9.50 Å². The Morgan fingerprint density at radius 1 is 0.543 bits per heavy atom. The van der Waals surface area contributed by atoms with Gasteiger partial charge in [-0.3, -0.25) is 0 Å². The SMILES string of the molecule is CC(C)(C)c1ccc2c(c1)C1(c3cc(Cl)ccc3-2)c2cc(Br)ccc2-c2ccc(C(C)(C)C)cc21. The molecule has 0 saturated carbocycles. The van der Waals surface area contributed by atoms with Gasteiger partial charge in [0.25, 0.3) is 0 Å². The Kier molecular flexibility index (Phi) is 4.84. The molecule has 0 heterocycles. The van der Waals surface area contributed by atoms with E-state index in [0.29, 0.717) is 0 Å². The predicted molar refractivity (Wildman–Crippen MR) is 153 cm³/mol. The van der Waals surface area contributed by atoms with E-state index in [1.54, 1.807) is 0 Å². The first-order chi connectivity index (χ1) is 16.4. The van der Waals surface area contributed by atoms with Crippen LogP contribution in [0, 0.1) is 0 Å². The Balaban J connectivity index is 1.83. The monoisotopic (exact) mass is 540 g/mol. The summed E-state index contributed by atoms with van der Waals surface area (Å²) in [5, 5.41) is 0.781. The summed E-state index contributed by atoms with van der Waals surface area (Å²) in [6.07, 6.45) is 0. The molecular weight excluding hydrogens is 512 g/mol. The number of fused-ring (bicyclic) bond motifs is 10. The predicted octanol–water partition coefficient (Wildman–Crippen LogP) is 10.0. The van der Waals surface area contributed by atoms with E-state index < -0.39 is 5.41 Å². The first-order valence-electron chi connectivity index (χ1n) is 12.3. The van der Waals surface area contributed by atoms with Gasteiger partial charge in [0.05, 0.1) is 5.41 Å². The van der Waals surface area contributed by atoms with Crippen molar-refractivity contribution in [3.8, 4) is 22.3 Å². The summed E-state index contributed by atoms with van der Waals surface area (Å²) in [4.78, 5) is 0. The van der Waals surface area contributed by atoms with E-state index in [2.05, 4.69) is 124 Å². The molecule has 1 unspecified atom stereocenters. The molecule has 0 nitrogen and oxygen atoms in total. The standard InChI is InChI=1S/C33H30BrCl/c1-31(2,3)19-7-11-23-25-13-9-21(34)17-29(25)33(27(23)15-19)28-16-20(32(4,5)6)8-12-24(28)26-14-10-22(35)18-30(26)33/h7-18H,1-6H3. The molecule has 4 aromatic carbocycles. The van der Waals surface area contributed by atoms with Crippen LogP contribution >= 0.6 is 27.5 Å². The van der Waals surface area contributed by atoms with Crippen LogP contribution in [0.15, 0.2) is 77.3 Å². The fraction of sp³-hybridized carbons (Fsp3) is 0.273. The van der Waals surface area contributed by atoms with Gasteiger partial charge < -0.3 is 0 Å². The first-order valence-corrected chi connectivity index (χ1v) is 13.5. The average Bonchev–Trinajstić information content (AvgIpc) is 3.23. The molecule has 176 valence electrons. The maximum absolute atomic E-state index is 6.71. The Morgan fingerprint density at radius 2 is 0.943 bits per heavy atom. The van der Waals surface area contributed by atoms with Crippen LogP contribution in [-0.2, 0) is 16.2 Å². The first kappa shape index (κ1) is 23.1. The van der Waals surface area contributed by atoms with Gasteiger partial charge in [-0.2, -0.15) is 0 Å². The third-order valence-electron chi connectivity index (χ3n) is 7.93. The van der Waals surface area contributed by atoms with Gasteiger partial charge in [0.1, 0.15) is 0 Å². The van der Waals surface area contributed by atoms with Gasteiger partial charge in [-0.1, -0.05) is 118 Å². The van der Waals surface area contributed by atoms with Gasteiger partial charge in [-0.05, 0) is 90.7 Å². The highest BCUT2D eigenvalue weighted by Crippen LogP contribution is 2.64. The van der Waals surface area contributed by atoms with Crippen molar-refractivity contribution in [2.45, 2.75) is 57.8 Å². The van der Waals surface area contributed by atoms with E-state index in [4.69, 9.17) is 11.6 Å². The Labute approximate surface area is 222 Å². The van der Waals surface area contributed by atoms with Gasteiger partial charge in [0.2, 0.25) is 0 Å². The zero-order valence-corrected chi connectivity index (χ0v) is 23.5. The summed E-state index contributed by atoms with van der Waals surface area (Å²) in [6, 6.07) is 27.4. The summed E-state index contributed by atoms with van der Waals surface area (Å²) < 4.78 is 1.10. The highest BCUT2D eigenvalue weighted by Gasteiger charge is 2.52. The molecule has 1 spiro atoms. The lowest BCUT2D eigenvalue weighted by Crippen LogP contribution is -2.27. The van der Waals surface area contributed by atoms with Crippen molar-refractivity contribution in [3.05, 3.63) is 116 Å². The van der Waals surface area contributed by atoms with E-state index in [1.165, 1.54) is 55.6 Å². The second kappa shape index (κ2) is 7.34. The molecule has 2 aliphatic carbocycles. The number of halogens is 2. The van der Waals surface area contributed by atoms with Gasteiger partial charge in [-0.25, -0.2) is 0 Å². The summed E-state index contributed by atoms with van der Waals surface area (Å²) in [5.41, 5.74) is 13.0. The molecule has 0 N–H and O–H groups in total. The molecule has 2 aliphatic rings. The molecule has 0 amide bonds. The molecule has 0 fully saturated rings. The van der Waals surface area contributed by atoms with Crippen molar-refractivity contribution in [2.75, 3.05) is 0 Å². The van der Waals surface area contributed by atoms with Crippen molar-refractivity contribution in [2.24, 2.45) is 0 Å². The third kappa shape index (κ3) is 3.17. The number of rotatable bonds is 0. The number of hydrogen-bond acceptors (Lipinski definition) is 0. The Morgan fingerprint density at radius 3 is 1.43 bits per heavy atom. The maximum atomic E-state index is 6.71. The van der Waals surface area contributed by atoms with Crippen molar-refractivity contribution in [1.29, 1.82) is 0 Å². The highest BCUT2D eigenvalue weighted by atomic mass is 79.9.